The van der Waals surface area contributed by atoms with Crippen molar-refractivity contribution in [3.63, 3.8) is 0 Å². The fraction of sp³-hybridized carbons (Fsp3) is 0.667. The van der Waals surface area contributed by atoms with Gasteiger partial charge in [-0.1, -0.05) is 5.92 Å². The van der Waals surface area contributed by atoms with Crippen molar-refractivity contribution in [1.82, 2.24) is 0 Å². The van der Waals surface area contributed by atoms with Gasteiger partial charge < -0.3 is 14.2 Å². The zero-order chi connectivity index (χ0) is 9.94. The lowest BCUT2D eigenvalue weighted by atomic mass is 10.7. The van der Waals surface area contributed by atoms with Crippen molar-refractivity contribution < 1.29 is 19.0 Å². The second-order valence-corrected chi connectivity index (χ2v) is 2.21. The molecule has 0 heterocycles. The molecule has 0 unspecified atom stereocenters. The van der Waals surface area contributed by atoms with Gasteiger partial charge in [0.1, 0.15) is 13.2 Å². The first-order valence-corrected chi connectivity index (χ1v) is 3.99. The fourth-order valence-corrected chi connectivity index (χ4v) is 0.595. The van der Waals surface area contributed by atoms with E-state index in [9.17, 15) is 4.79 Å². The van der Waals surface area contributed by atoms with Gasteiger partial charge in [0.25, 0.3) is 0 Å². The molecule has 0 saturated heterocycles. The van der Waals surface area contributed by atoms with Crippen molar-refractivity contribution in [2.45, 2.75) is 6.92 Å². The van der Waals surface area contributed by atoms with Crippen molar-refractivity contribution in [1.29, 1.82) is 0 Å². The van der Waals surface area contributed by atoms with Crippen molar-refractivity contribution >= 4 is 5.97 Å². The molecule has 0 aromatic rings. The molecule has 13 heavy (non-hydrogen) atoms. The molecule has 4 heteroatoms. The zero-order valence-electron chi connectivity index (χ0n) is 7.75. The van der Waals surface area contributed by atoms with Gasteiger partial charge in [0.15, 0.2) is 0 Å². The molecule has 0 aromatic heterocycles. The summed E-state index contributed by atoms with van der Waals surface area (Å²) in [6.07, 6.45) is 4.95. The highest BCUT2D eigenvalue weighted by Gasteiger charge is 1.92. The SMILES string of the molecule is C#CCOCCOCCOC(C)=O. The van der Waals surface area contributed by atoms with Gasteiger partial charge in [0.05, 0.1) is 19.8 Å². The van der Waals surface area contributed by atoms with Crippen LogP contribution in [0.1, 0.15) is 6.92 Å². The molecular formula is C9H14O4. The Hall–Kier alpha value is -1.05. The van der Waals surface area contributed by atoms with Crippen LogP contribution >= 0.6 is 0 Å². The molecule has 4 nitrogen and oxygen atoms in total. The van der Waals surface area contributed by atoms with Crippen molar-refractivity contribution in [3.8, 4) is 12.3 Å². The first-order chi connectivity index (χ1) is 6.27. The lowest BCUT2D eigenvalue weighted by Crippen LogP contribution is -2.11. The topological polar surface area (TPSA) is 44.8 Å². The van der Waals surface area contributed by atoms with Gasteiger partial charge in [-0.2, -0.15) is 0 Å². The summed E-state index contributed by atoms with van der Waals surface area (Å²) >= 11 is 0. The second-order valence-electron chi connectivity index (χ2n) is 2.21. The molecule has 0 aromatic carbocycles. The van der Waals surface area contributed by atoms with Crippen LogP contribution in [-0.4, -0.2) is 39.0 Å². The minimum Gasteiger partial charge on any atom is -0.463 e. The molecule has 0 atom stereocenters. The van der Waals surface area contributed by atoms with Crippen LogP contribution in [-0.2, 0) is 19.0 Å². The predicted octanol–water partition coefficient (Wildman–Crippen LogP) is 0.216. The van der Waals surface area contributed by atoms with Gasteiger partial charge in [0.2, 0.25) is 0 Å². The third-order valence-electron chi connectivity index (χ3n) is 1.09. The average molecular weight is 186 g/mol. The van der Waals surface area contributed by atoms with Crippen LogP contribution in [0, 0.1) is 12.3 Å². The average Bonchev–Trinajstić information content (AvgIpc) is 2.09. The monoisotopic (exact) mass is 186 g/mol. The Morgan fingerprint density at radius 1 is 1.23 bits per heavy atom. The van der Waals surface area contributed by atoms with E-state index in [0.717, 1.165) is 0 Å². The molecule has 0 bridgehead atoms. The third kappa shape index (κ3) is 10.9. The summed E-state index contributed by atoms with van der Waals surface area (Å²) in [7, 11) is 0. The Balaban J connectivity index is 2.92. The van der Waals surface area contributed by atoms with Gasteiger partial charge in [0, 0.05) is 6.92 Å². The minimum atomic E-state index is -0.299. The number of esters is 1. The maximum absolute atomic E-state index is 10.3. The number of ether oxygens (including phenoxy) is 3. The Kier molecular flexibility index (Phi) is 8.31. The van der Waals surface area contributed by atoms with Crippen LogP contribution in [0.25, 0.3) is 0 Å². The number of hydrogen-bond acceptors (Lipinski definition) is 4. The number of carbonyl (C=O) groups excluding carboxylic acids is 1. The Labute approximate surface area is 78.2 Å². The van der Waals surface area contributed by atoms with Gasteiger partial charge in [-0.25, -0.2) is 0 Å². The number of hydrogen-bond donors (Lipinski definition) is 0. The summed E-state index contributed by atoms with van der Waals surface area (Å²) in [5, 5.41) is 0. The van der Waals surface area contributed by atoms with E-state index in [1.54, 1.807) is 0 Å². The molecule has 0 aliphatic carbocycles. The molecule has 0 rings (SSSR count). The summed E-state index contributed by atoms with van der Waals surface area (Å²) in [5.74, 6) is 2.04. The molecule has 74 valence electrons. The number of rotatable bonds is 7. The van der Waals surface area contributed by atoms with E-state index in [1.165, 1.54) is 6.92 Å². The van der Waals surface area contributed by atoms with E-state index in [2.05, 4.69) is 10.7 Å². The Morgan fingerprint density at radius 3 is 2.46 bits per heavy atom. The number of terminal acetylenes is 1. The van der Waals surface area contributed by atoms with Crippen LogP contribution < -0.4 is 0 Å². The summed E-state index contributed by atoms with van der Waals surface area (Å²) < 4.78 is 14.6. The van der Waals surface area contributed by atoms with Crippen LogP contribution in [0.15, 0.2) is 0 Å². The highest BCUT2D eigenvalue weighted by Crippen LogP contribution is 1.80. The molecular weight excluding hydrogens is 172 g/mol. The van der Waals surface area contributed by atoms with Crippen LogP contribution in [0.3, 0.4) is 0 Å². The van der Waals surface area contributed by atoms with E-state index in [-0.39, 0.29) is 12.6 Å². The van der Waals surface area contributed by atoms with Crippen molar-refractivity contribution in [2.24, 2.45) is 0 Å². The summed E-state index contributed by atoms with van der Waals surface area (Å²) in [4.78, 5) is 10.3. The first kappa shape index (κ1) is 11.9. The normalized spacial score (nSPS) is 9.23. The van der Waals surface area contributed by atoms with E-state index in [0.29, 0.717) is 26.4 Å². The van der Waals surface area contributed by atoms with E-state index >= 15 is 0 Å². The second kappa shape index (κ2) is 9.04. The molecule has 0 spiro atoms. The maximum Gasteiger partial charge on any atom is 0.302 e. The van der Waals surface area contributed by atoms with Crippen molar-refractivity contribution in [3.05, 3.63) is 0 Å². The van der Waals surface area contributed by atoms with Crippen molar-refractivity contribution in [2.75, 3.05) is 33.0 Å². The standard InChI is InChI=1S/C9H14O4/c1-3-4-11-5-6-12-7-8-13-9(2)10/h1H,4-8H2,2H3. The van der Waals surface area contributed by atoms with E-state index in [1.807, 2.05) is 0 Å². The highest BCUT2D eigenvalue weighted by atomic mass is 16.6. The summed E-state index contributed by atoms with van der Waals surface area (Å²) in [6.45, 7) is 3.25. The van der Waals surface area contributed by atoms with Gasteiger partial charge >= 0.3 is 5.97 Å². The zero-order valence-corrected chi connectivity index (χ0v) is 7.75. The quantitative estimate of drug-likeness (QED) is 0.324. The van der Waals surface area contributed by atoms with Gasteiger partial charge in [-0.05, 0) is 0 Å². The van der Waals surface area contributed by atoms with Gasteiger partial charge in [-0.15, -0.1) is 6.42 Å². The lowest BCUT2D eigenvalue weighted by molar-refractivity contribution is -0.142. The summed E-state index contributed by atoms with van der Waals surface area (Å²) in [6, 6.07) is 0. The Morgan fingerprint density at radius 2 is 1.85 bits per heavy atom. The molecule has 0 aliphatic rings. The first-order valence-electron chi connectivity index (χ1n) is 3.99. The molecule has 0 fully saturated rings. The maximum atomic E-state index is 10.3. The molecule has 0 N–H and O–H groups in total. The largest absolute Gasteiger partial charge is 0.463 e. The lowest BCUT2D eigenvalue weighted by Gasteiger charge is -2.03. The van der Waals surface area contributed by atoms with Crippen LogP contribution in [0.4, 0.5) is 0 Å². The smallest absolute Gasteiger partial charge is 0.302 e. The van der Waals surface area contributed by atoms with Crippen LogP contribution in [0.5, 0.6) is 0 Å². The minimum absolute atomic E-state index is 0.282. The molecule has 0 saturated carbocycles. The molecule has 0 radical (unpaired) electrons. The third-order valence-corrected chi connectivity index (χ3v) is 1.09. The molecule has 0 aliphatic heterocycles. The predicted molar refractivity (Wildman–Crippen MR) is 47.1 cm³/mol. The van der Waals surface area contributed by atoms with E-state index < -0.39 is 0 Å². The van der Waals surface area contributed by atoms with E-state index in [4.69, 9.17) is 15.9 Å². The van der Waals surface area contributed by atoms with Gasteiger partial charge in [-0.3, -0.25) is 4.79 Å². The van der Waals surface area contributed by atoms with Crippen LogP contribution in [0.2, 0.25) is 0 Å². The Bertz CT molecular complexity index is 171. The summed E-state index contributed by atoms with van der Waals surface area (Å²) in [5.41, 5.74) is 0. The highest BCUT2D eigenvalue weighted by molar-refractivity contribution is 5.65. The number of carbonyl (C=O) groups is 1. The molecule has 0 amide bonds. The fourth-order valence-electron chi connectivity index (χ4n) is 0.595.